The van der Waals surface area contributed by atoms with E-state index in [0.29, 0.717) is 0 Å². The van der Waals surface area contributed by atoms with Crippen LogP contribution in [-0.2, 0) is 8.85 Å². The van der Waals surface area contributed by atoms with Crippen molar-refractivity contribution in [3.05, 3.63) is 6.92 Å². The summed E-state index contributed by atoms with van der Waals surface area (Å²) < 4.78 is 11.6. The Balaban J connectivity index is 3.67. The van der Waals surface area contributed by atoms with Gasteiger partial charge in [0.2, 0.25) is 0 Å². The largest absolute Gasteiger partial charge is 0.394 e. The number of hydrogen-bond donors (Lipinski definition) is 0. The Labute approximate surface area is 90.2 Å². The SMILES string of the molecule is [CH2]C[Si](C)(OCCCC)OCCCC. The van der Waals surface area contributed by atoms with Gasteiger partial charge in [-0.2, -0.15) is 0 Å². The van der Waals surface area contributed by atoms with E-state index >= 15 is 0 Å². The molecule has 1 radical (unpaired) electrons. The van der Waals surface area contributed by atoms with Crippen LogP contribution >= 0.6 is 0 Å². The van der Waals surface area contributed by atoms with Crippen LogP contribution in [0.2, 0.25) is 12.6 Å². The molecule has 0 N–H and O–H groups in total. The van der Waals surface area contributed by atoms with Crippen LogP contribution in [0, 0.1) is 6.92 Å². The molecule has 0 aliphatic heterocycles. The maximum atomic E-state index is 5.82. The van der Waals surface area contributed by atoms with E-state index in [2.05, 4.69) is 27.3 Å². The average molecular weight is 217 g/mol. The topological polar surface area (TPSA) is 18.5 Å². The van der Waals surface area contributed by atoms with Crippen molar-refractivity contribution in [3.63, 3.8) is 0 Å². The molecule has 0 aromatic rings. The molecule has 3 heteroatoms. The van der Waals surface area contributed by atoms with Gasteiger partial charge in [0, 0.05) is 13.2 Å². The smallest absolute Gasteiger partial charge is 0.334 e. The minimum absolute atomic E-state index is 0.806. The zero-order valence-electron chi connectivity index (χ0n) is 9.97. The lowest BCUT2D eigenvalue weighted by Crippen LogP contribution is -2.38. The van der Waals surface area contributed by atoms with Gasteiger partial charge < -0.3 is 8.85 Å². The highest BCUT2D eigenvalue weighted by atomic mass is 28.4. The molecule has 0 aromatic heterocycles. The lowest BCUT2D eigenvalue weighted by molar-refractivity contribution is 0.171. The summed E-state index contributed by atoms with van der Waals surface area (Å²) in [5, 5.41) is 0. The lowest BCUT2D eigenvalue weighted by Gasteiger charge is -2.25. The van der Waals surface area contributed by atoms with Gasteiger partial charge in [-0.25, -0.2) is 0 Å². The highest BCUT2D eigenvalue weighted by Crippen LogP contribution is 2.14. The molecule has 0 rings (SSSR count). The molecule has 14 heavy (non-hydrogen) atoms. The molecule has 0 atom stereocenters. The predicted molar refractivity (Wildman–Crippen MR) is 63.5 cm³/mol. The maximum Gasteiger partial charge on any atom is 0.334 e. The summed E-state index contributed by atoms with van der Waals surface area (Å²) in [5.41, 5.74) is 0. The molecule has 0 amide bonds. The van der Waals surface area contributed by atoms with Crippen LogP contribution in [0.4, 0.5) is 0 Å². The third-order valence-electron chi connectivity index (χ3n) is 2.26. The van der Waals surface area contributed by atoms with E-state index in [-0.39, 0.29) is 0 Å². The maximum absolute atomic E-state index is 5.82. The molecule has 0 spiro atoms. The number of unbranched alkanes of at least 4 members (excludes halogenated alkanes) is 2. The van der Waals surface area contributed by atoms with Crippen LogP contribution in [-0.4, -0.2) is 21.8 Å². The van der Waals surface area contributed by atoms with E-state index in [1.165, 1.54) is 12.8 Å². The van der Waals surface area contributed by atoms with Crippen molar-refractivity contribution in [2.24, 2.45) is 0 Å². The fourth-order valence-corrected chi connectivity index (χ4v) is 2.58. The summed E-state index contributed by atoms with van der Waals surface area (Å²) in [6.07, 6.45) is 4.60. The van der Waals surface area contributed by atoms with Gasteiger partial charge in [0.15, 0.2) is 0 Å². The van der Waals surface area contributed by atoms with Gasteiger partial charge in [0.25, 0.3) is 0 Å². The molecule has 0 fully saturated rings. The van der Waals surface area contributed by atoms with E-state index in [9.17, 15) is 0 Å². The van der Waals surface area contributed by atoms with Crippen LogP contribution in [0.15, 0.2) is 0 Å². The first-order valence-corrected chi connectivity index (χ1v) is 8.28. The summed E-state index contributed by atoms with van der Waals surface area (Å²) in [6, 6.07) is 0.806. The predicted octanol–water partition coefficient (Wildman–Crippen LogP) is 3.53. The Bertz CT molecular complexity index is 118. The molecule has 0 aliphatic carbocycles. The van der Waals surface area contributed by atoms with Crippen molar-refractivity contribution in [2.45, 2.75) is 52.1 Å². The van der Waals surface area contributed by atoms with Gasteiger partial charge >= 0.3 is 8.56 Å². The van der Waals surface area contributed by atoms with Crippen molar-refractivity contribution >= 4 is 8.56 Å². The van der Waals surface area contributed by atoms with Crippen molar-refractivity contribution in [3.8, 4) is 0 Å². The summed E-state index contributed by atoms with van der Waals surface area (Å²) in [7, 11) is -1.91. The molecular formula is C11H25O2Si. The minimum atomic E-state index is -1.91. The number of rotatable bonds is 9. The van der Waals surface area contributed by atoms with Gasteiger partial charge in [-0.3, -0.25) is 0 Å². The first-order valence-electron chi connectivity index (χ1n) is 5.75. The monoisotopic (exact) mass is 217 g/mol. The molecular weight excluding hydrogens is 192 g/mol. The second kappa shape index (κ2) is 8.45. The van der Waals surface area contributed by atoms with Gasteiger partial charge in [-0.1, -0.05) is 33.6 Å². The molecule has 0 aliphatic rings. The zero-order valence-corrected chi connectivity index (χ0v) is 11.0. The van der Waals surface area contributed by atoms with Crippen LogP contribution in [0.3, 0.4) is 0 Å². The average Bonchev–Trinajstić information content (AvgIpc) is 2.19. The Morgan fingerprint density at radius 3 is 1.71 bits per heavy atom. The second-order valence-electron chi connectivity index (χ2n) is 3.79. The second-order valence-corrected chi connectivity index (χ2v) is 7.13. The van der Waals surface area contributed by atoms with E-state index in [1.807, 2.05) is 0 Å². The molecule has 0 heterocycles. The van der Waals surface area contributed by atoms with Crippen LogP contribution in [0.5, 0.6) is 0 Å². The Morgan fingerprint density at radius 2 is 1.43 bits per heavy atom. The number of hydrogen-bond acceptors (Lipinski definition) is 2. The molecule has 85 valence electrons. The van der Waals surface area contributed by atoms with Crippen molar-refractivity contribution in [1.29, 1.82) is 0 Å². The summed E-state index contributed by atoms with van der Waals surface area (Å²) in [4.78, 5) is 0. The van der Waals surface area contributed by atoms with Crippen molar-refractivity contribution < 1.29 is 8.85 Å². The van der Waals surface area contributed by atoms with Gasteiger partial charge in [0.1, 0.15) is 0 Å². The Morgan fingerprint density at radius 1 is 1.00 bits per heavy atom. The molecule has 0 bridgehead atoms. The zero-order chi connectivity index (χ0) is 10.9. The Kier molecular flexibility index (Phi) is 8.53. The van der Waals surface area contributed by atoms with Gasteiger partial charge in [0.05, 0.1) is 0 Å². The minimum Gasteiger partial charge on any atom is -0.394 e. The molecule has 0 saturated carbocycles. The third kappa shape index (κ3) is 6.57. The fraction of sp³-hybridized carbons (Fsp3) is 0.909. The highest BCUT2D eigenvalue weighted by Gasteiger charge is 2.28. The van der Waals surface area contributed by atoms with Crippen LogP contribution in [0.1, 0.15) is 39.5 Å². The normalized spacial score (nSPS) is 12.0. The van der Waals surface area contributed by atoms with E-state index in [4.69, 9.17) is 8.85 Å². The van der Waals surface area contributed by atoms with E-state index < -0.39 is 8.56 Å². The van der Waals surface area contributed by atoms with E-state index in [1.54, 1.807) is 0 Å². The standard InChI is InChI=1S/C11H25O2Si/c1-5-8-10-12-14(4,7-3)13-11-9-6-2/h3,5-11H2,1-2,4H3. The molecule has 0 aromatic carbocycles. The van der Waals surface area contributed by atoms with Gasteiger partial charge in [-0.15, -0.1) is 0 Å². The van der Waals surface area contributed by atoms with Crippen molar-refractivity contribution in [1.82, 2.24) is 0 Å². The first kappa shape index (κ1) is 14.1. The van der Waals surface area contributed by atoms with Crippen LogP contribution < -0.4 is 0 Å². The van der Waals surface area contributed by atoms with Crippen molar-refractivity contribution in [2.75, 3.05) is 13.2 Å². The third-order valence-corrected chi connectivity index (χ3v) is 4.80. The molecule has 0 saturated heterocycles. The van der Waals surface area contributed by atoms with E-state index in [0.717, 1.165) is 32.1 Å². The quantitative estimate of drug-likeness (QED) is 0.434. The highest BCUT2D eigenvalue weighted by molar-refractivity contribution is 6.66. The summed E-state index contributed by atoms with van der Waals surface area (Å²) in [5.74, 6) is 0. The lowest BCUT2D eigenvalue weighted by atomic mass is 10.4. The fourth-order valence-electron chi connectivity index (χ4n) is 1.05. The molecule has 2 nitrogen and oxygen atoms in total. The summed E-state index contributed by atoms with van der Waals surface area (Å²) in [6.45, 7) is 12.1. The Hall–Kier alpha value is 0.137. The molecule has 0 unspecified atom stereocenters. The van der Waals surface area contributed by atoms with Gasteiger partial charge in [-0.05, 0) is 25.4 Å². The first-order chi connectivity index (χ1) is 6.68. The summed E-state index contributed by atoms with van der Waals surface area (Å²) >= 11 is 0. The van der Waals surface area contributed by atoms with Crippen LogP contribution in [0.25, 0.3) is 0 Å².